The number of halogens is 2. The van der Waals surface area contributed by atoms with Gasteiger partial charge in [0.1, 0.15) is 5.75 Å². The van der Waals surface area contributed by atoms with Crippen molar-refractivity contribution >= 4 is 27.5 Å². The summed E-state index contributed by atoms with van der Waals surface area (Å²) in [6, 6.07) is 9.70. The molecule has 0 radical (unpaired) electrons. The predicted octanol–water partition coefficient (Wildman–Crippen LogP) is 4.85. The smallest absolute Gasteiger partial charge is 0.233 e. The van der Waals surface area contributed by atoms with Crippen LogP contribution in [0.3, 0.4) is 0 Å². The van der Waals surface area contributed by atoms with E-state index in [9.17, 15) is 0 Å². The van der Waals surface area contributed by atoms with Gasteiger partial charge in [0.15, 0.2) is 0 Å². The summed E-state index contributed by atoms with van der Waals surface area (Å²) in [4.78, 5) is 4.11. The molecule has 1 aromatic heterocycles. The van der Waals surface area contributed by atoms with E-state index in [-0.39, 0.29) is 0 Å². The zero-order chi connectivity index (χ0) is 12.3. The molecule has 2 rings (SSSR count). The number of nitrogens with zero attached hydrogens (tertiary/aromatic N) is 1. The van der Waals surface area contributed by atoms with Gasteiger partial charge >= 0.3 is 0 Å². The van der Waals surface area contributed by atoms with Gasteiger partial charge in [0.05, 0.1) is 9.50 Å². The molecule has 0 amide bonds. The second kappa shape index (κ2) is 5.52. The Bertz CT molecular complexity index is 513. The number of hydrogen-bond donors (Lipinski definition) is 0. The van der Waals surface area contributed by atoms with Crippen molar-refractivity contribution in [1.82, 2.24) is 4.98 Å². The number of benzene rings is 1. The standard InChI is InChI=1S/C13H11BrClNO/c1-2-9-3-5-11(6-4-9)17-13-12(14)7-10(15)8-16-13/h3-8H,2H2,1H3. The molecule has 0 aliphatic heterocycles. The van der Waals surface area contributed by atoms with Gasteiger partial charge in [-0.2, -0.15) is 0 Å². The van der Waals surface area contributed by atoms with Crippen LogP contribution in [0.25, 0.3) is 0 Å². The van der Waals surface area contributed by atoms with Gasteiger partial charge in [-0.25, -0.2) is 4.98 Å². The molecule has 1 aromatic carbocycles. The minimum Gasteiger partial charge on any atom is -0.438 e. The average molecular weight is 313 g/mol. The van der Waals surface area contributed by atoms with Crippen LogP contribution in [0.4, 0.5) is 0 Å². The zero-order valence-corrected chi connectivity index (χ0v) is 11.6. The van der Waals surface area contributed by atoms with Crippen molar-refractivity contribution < 1.29 is 4.74 Å². The topological polar surface area (TPSA) is 22.1 Å². The van der Waals surface area contributed by atoms with Gasteiger partial charge in [0, 0.05) is 6.20 Å². The zero-order valence-electron chi connectivity index (χ0n) is 9.28. The SMILES string of the molecule is CCc1ccc(Oc2ncc(Cl)cc2Br)cc1. The molecule has 0 fully saturated rings. The molecule has 0 aliphatic carbocycles. The van der Waals surface area contributed by atoms with E-state index in [4.69, 9.17) is 16.3 Å². The molecule has 0 spiro atoms. The van der Waals surface area contributed by atoms with E-state index in [1.165, 1.54) is 5.56 Å². The maximum absolute atomic E-state index is 5.81. The molecule has 0 bridgehead atoms. The van der Waals surface area contributed by atoms with Crippen molar-refractivity contribution in [2.45, 2.75) is 13.3 Å². The lowest BCUT2D eigenvalue weighted by atomic mass is 10.2. The maximum Gasteiger partial charge on any atom is 0.233 e. The molecule has 0 saturated carbocycles. The van der Waals surface area contributed by atoms with Gasteiger partial charge in [-0.3, -0.25) is 0 Å². The van der Waals surface area contributed by atoms with Gasteiger partial charge in [-0.1, -0.05) is 30.7 Å². The van der Waals surface area contributed by atoms with Crippen LogP contribution in [0.5, 0.6) is 11.6 Å². The van der Waals surface area contributed by atoms with Crippen molar-refractivity contribution in [2.75, 3.05) is 0 Å². The lowest BCUT2D eigenvalue weighted by molar-refractivity contribution is 0.459. The quantitative estimate of drug-likeness (QED) is 0.808. The van der Waals surface area contributed by atoms with Crippen molar-refractivity contribution in [2.24, 2.45) is 0 Å². The minimum atomic E-state index is 0.513. The van der Waals surface area contributed by atoms with Crippen molar-refractivity contribution in [3.63, 3.8) is 0 Å². The molecule has 0 saturated heterocycles. The van der Waals surface area contributed by atoms with E-state index in [1.54, 1.807) is 12.3 Å². The van der Waals surface area contributed by atoms with Gasteiger partial charge in [0.25, 0.3) is 0 Å². The second-order valence-electron chi connectivity index (χ2n) is 3.54. The second-order valence-corrected chi connectivity index (χ2v) is 4.83. The molecular formula is C13H11BrClNO. The first-order chi connectivity index (χ1) is 8.19. The summed E-state index contributed by atoms with van der Waals surface area (Å²) in [5, 5.41) is 0.575. The fourth-order valence-corrected chi connectivity index (χ4v) is 2.10. The predicted molar refractivity (Wildman–Crippen MR) is 72.8 cm³/mol. The summed E-state index contributed by atoms with van der Waals surface area (Å²) in [6.07, 6.45) is 2.57. The highest BCUT2D eigenvalue weighted by Gasteiger charge is 2.05. The Kier molecular flexibility index (Phi) is 4.02. The molecule has 2 nitrogen and oxygen atoms in total. The third kappa shape index (κ3) is 3.20. The number of rotatable bonds is 3. The van der Waals surface area contributed by atoms with Crippen LogP contribution in [0.15, 0.2) is 41.0 Å². The molecule has 0 N–H and O–H groups in total. The van der Waals surface area contributed by atoms with Crippen molar-refractivity contribution in [3.8, 4) is 11.6 Å². The lowest BCUT2D eigenvalue weighted by Crippen LogP contribution is -1.89. The third-order valence-electron chi connectivity index (χ3n) is 2.32. The Morgan fingerprint density at radius 2 is 2.00 bits per heavy atom. The normalized spacial score (nSPS) is 10.3. The van der Waals surface area contributed by atoms with Crippen molar-refractivity contribution in [1.29, 1.82) is 0 Å². The van der Waals surface area contributed by atoms with Gasteiger partial charge in [-0.15, -0.1) is 0 Å². The minimum absolute atomic E-state index is 0.513. The molecule has 0 atom stereocenters. The van der Waals surface area contributed by atoms with E-state index >= 15 is 0 Å². The summed E-state index contributed by atoms with van der Waals surface area (Å²) in [6.45, 7) is 2.12. The Morgan fingerprint density at radius 1 is 1.29 bits per heavy atom. The molecule has 88 valence electrons. The number of pyridine rings is 1. The lowest BCUT2D eigenvalue weighted by Gasteiger charge is -2.07. The first-order valence-electron chi connectivity index (χ1n) is 5.27. The largest absolute Gasteiger partial charge is 0.438 e. The molecule has 0 aliphatic rings. The Labute approximate surface area is 114 Å². The highest BCUT2D eigenvalue weighted by Crippen LogP contribution is 2.29. The van der Waals surface area contributed by atoms with Gasteiger partial charge in [-0.05, 0) is 46.1 Å². The Morgan fingerprint density at radius 3 is 2.59 bits per heavy atom. The summed E-state index contributed by atoms with van der Waals surface area (Å²) in [5.74, 6) is 1.27. The number of ether oxygens (including phenoxy) is 1. The van der Waals surface area contributed by atoms with Crippen LogP contribution in [-0.4, -0.2) is 4.98 Å². The molecule has 0 unspecified atom stereocenters. The van der Waals surface area contributed by atoms with E-state index < -0.39 is 0 Å². The van der Waals surface area contributed by atoms with E-state index in [2.05, 4.69) is 27.8 Å². The van der Waals surface area contributed by atoms with Crippen molar-refractivity contribution in [3.05, 3.63) is 51.6 Å². The van der Waals surface area contributed by atoms with Crippen LogP contribution in [-0.2, 0) is 6.42 Å². The Balaban J connectivity index is 2.19. The van der Waals surface area contributed by atoms with E-state index in [1.807, 2.05) is 24.3 Å². The average Bonchev–Trinajstić information content (AvgIpc) is 2.34. The van der Waals surface area contributed by atoms with Crippen LogP contribution < -0.4 is 4.74 Å². The maximum atomic E-state index is 5.81. The molecule has 4 heteroatoms. The Hall–Kier alpha value is -1.06. The van der Waals surface area contributed by atoms with Crippen LogP contribution in [0.2, 0.25) is 5.02 Å². The summed E-state index contributed by atoms with van der Waals surface area (Å²) < 4.78 is 6.39. The fourth-order valence-electron chi connectivity index (χ4n) is 1.38. The van der Waals surface area contributed by atoms with Gasteiger partial charge in [0.2, 0.25) is 5.88 Å². The van der Waals surface area contributed by atoms with Crippen LogP contribution in [0.1, 0.15) is 12.5 Å². The van der Waals surface area contributed by atoms with Gasteiger partial charge < -0.3 is 4.74 Å². The molecule has 2 aromatic rings. The summed E-state index contributed by atoms with van der Waals surface area (Å²) >= 11 is 9.17. The summed E-state index contributed by atoms with van der Waals surface area (Å²) in [5.41, 5.74) is 1.28. The number of aromatic nitrogens is 1. The third-order valence-corrected chi connectivity index (χ3v) is 3.09. The molecule has 17 heavy (non-hydrogen) atoms. The fraction of sp³-hybridized carbons (Fsp3) is 0.154. The monoisotopic (exact) mass is 311 g/mol. The number of hydrogen-bond acceptors (Lipinski definition) is 2. The molecule has 1 heterocycles. The summed E-state index contributed by atoms with van der Waals surface area (Å²) in [7, 11) is 0. The first-order valence-corrected chi connectivity index (χ1v) is 6.44. The highest BCUT2D eigenvalue weighted by molar-refractivity contribution is 9.10. The first kappa shape index (κ1) is 12.4. The highest BCUT2D eigenvalue weighted by atomic mass is 79.9. The van der Waals surface area contributed by atoms with E-state index in [0.29, 0.717) is 10.9 Å². The molecular weight excluding hydrogens is 302 g/mol. The van der Waals surface area contributed by atoms with E-state index in [0.717, 1.165) is 16.6 Å². The van der Waals surface area contributed by atoms with Crippen LogP contribution in [0, 0.1) is 0 Å². The van der Waals surface area contributed by atoms with Crippen LogP contribution >= 0.6 is 27.5 Å². The number of aryl methyl sites for hydroxylation is 1.